The van der Waals surface area contributed by atoms with Crippen LogP contribution in [0.5, 0.6) is 0 Å². The maximum Gasteiger partial charge on any atom is 0.315 e. The predicted octanol–water partition coefficient (Wildman–Crippen LogP) is 0.235. The summed E-state index contributed by atoms with van der Waals surface area (Å²) in [6, 6.07) is -0.124. The van der Waals surface area contributed by atoms with Gasteiger partial charge in [-0.25, -0.2) is 4.79 Å². The van der Waals surface area contributed by atoms with Crippen LogP contribution in [0.4, 0.5) is 4.79 Å². The van der Waals surface area contributed by atoms with Crippen LogP contribution < -0.4 is 10.6 Å². The maximum atomic E-state index is 11.5. The Kier molecular flexibility index (Phi) is 4.35. The molecule has 0 aliphatic carbocycles. The molecule has 1 saturated heterocycles. The van der Waals surface area contributed by atoms with E-state index in [9.17, 15) is 9.90 Å². The molecule has 1 aliphatic rings. The first-order valence-corrected chi connectivity index (χ1v) is 5.35. The summed E-state index contributed by atoms with van der Waals surface area (Å²) in [6.07, 6.45) is 1.32. The fraction of sp³-hybridized carbons (Fsp3) is 0.900. The van der Waals surface area contributed by atoms with Gasteiger partial charge in [-0.15, -0.1) is 0 Å². The van der Waals surface area contributed by atoms with Gasteiger partial charge in [0.25, 0.3) is 0 Å². The van der Waals surface area contributed by atoms with Gasteiger partial charge in [0.05, 0.1) is 12.1 Å². The Morgan fingerprint density at radius 2 is 2.07 bits per heavy atom. The van der Waals surface area contributed by atoms with Crippen molar-refractivity contribution in [1.29, 1.82) is 0 Å². The summed E-state index contributed by atoms with van der Waals surface area (Å²) >= 11 is 0. The van der Waals surface area contributed by atoms with Crippen LogP contribution >= 0.6 is 0 Å². The summed E-state index contributed by atoms with van der Waals surface area (Å²) in [7, 11) is 0. The van der Waals surface area contributed by atoms with E-state index in [4.69, 9.17) is 4.74 Å². The number of aliphatic hydroxyl groups excluding tert-OH is 1. The number of hydrogen-bond acceptors (Lipinski definition) is 3. The third kappa shape index (κ3) is 3.68. The Hall–Kier alpha value is -0.810. The van der Waals surface area contributed by atoms with Crippen molar-refractivity contribution < 1.29 is 14.6 Å². The lowest BCUT2D eigenvalue weighted by molar-refractivity contribution is 0.0170. The smallest absolute Gasteiger partial charge is 0.315 e. The first-order chi connectivity index (χ1) is 7.08. The summed E-state index contributed by atoms with van der Waals surface area (Å²) in [6.45, 7) is 4.93. The molecule has 0 saturated carbocycles. The topological polar surface area (TPSA) is 70.6 Å². The molecule has 1 fully saturated rings. The molecule has 88 valence electrons. The normalized spacial score (nSPS) is 20.0. The molecule has 1 aliphatic heterocycles. The highest BCUT2D eigenvalue weighted by atomic mass is 16.5. The molecule has 5 heteroatoms. The number of urea groups is 1. The lowest BCUT2D eigenvalue weighted by Gasteiger charge is -2.36. The minimum Gasteiger partial charge on any atom is -0.394 e. The number of rotatable bonds is 3. The zero-order valence-electron chi connectivity index (χ0n) is 9.38. The molecule has 0 aromatic rings. The summed E-state index contributed by atoms with van der Waals surface area (Å²) in [5.74, 6) is 0. The van der Waals surface area contributed by atoms with Gasteiger partial charge in [-0.3, -0.25) is 0 Å². The van der Waals surface area contributed by atoms with Crippen LogP contribution in [0.3, 0.4) is 0 Å². The van der Waals surface area contributed by atoms with E-state index < -0.39 is 5.54 Å². The van der Waals surface area contributed by atoms with E-state index in [0.29, 0.717) is 26.1 Å². The number of hydrogen-bond donors (Lipinski definition) is 3. The van der Waals surface area contributed by atoms with Crippen LogP contribution in [0.1, 0.15) is 26.7 Å². The van der Waals surface area contributed by atoms with E-state index in [2.05, 4.69) is 10.6 Å². The van der Waals surface area contributed by atoms with Crippen molar-refractivity contribution >= 4 is 6.03 Å². The Morgan fingerprint density at radius 3 is 2.53 bits per heavy atom. The Morgan fingerprint density at radius 1 is 1.47 bits per heavy atom. The van der Waals surface area contributed by atoms with Crippen molar-refractivity contribution in [3.05, 3.63) is 0 Å². The van der Waals surface area contributed by atoms with Crippen LogP contribution in [0.25, 0.3) is 0 Å². The van der Waals surface area contributed by atoms with Gasteiger partial charge in [0.15, 0.2) is 0 Å². The van der Waals surface area contributed by atoms with Crippen LogP contribution in [0.2, 0.25) is 0 Å². The van der Waals surface area contributed by atoms with Crippen molar-refractivity contribution in [3.63, 3.8) is 0 Å². The molecule has 1 rings (SSSR count). The van der Waals surface area contributed by atoms with E-state index in [1.807, 2.05) is 13.8 Å². The second-order valence-corrected chi connectivity index (χ2v) is 4.30. The molecule has 5 nitrogen and oxygen atoms in total. The van der Waals surface area contributed by atoms with Gasteiger partial charge < -0.3 is 20.5 Å². The monoisotopic (exact) mass is 216 g/mol. The first-order valence-electron chi connectivity index (χ1n) is 5.35. The van der Waals surface area contributed by atoms with Gasteiger partial charge in [-0.1, -0.05) is 0 Å². The maximum absolute atomic E-state index is 11.5. The molecule has 2 amide bonds. The van der Waals surface area contributed by atoms with E-state index in [0.717, 1.165) is 0 Å². The number of amides is 2. The fourth-order valence-corrected chi connectivity index (χ4v) is 1.62. The SMILES string of the molecule is CC(C)NC(=O)NC1(CO)CCOCC1. The van der Waals surface area contributed by atoms with Crippen molar-refractivity contribution in [3.8, 4) is 0 Å². The third-order valence-electron chi connectivity index (χ3n) is 2.55. The van der Waals surface area contributed by atoms with Crippen molar-refractivity contribution in [2.75, 3.05) is 19.8 Å². The van der Waals surface area contributed by atoms with Crippen LogP contribution in [-0.4, -0.2) is 42.5 Å². The molecule has 0 bridgehead atoms. The Labute approximate surface area is 90.2 Å². The van der Waals surface area contributed by atoms with Gasteiger partial charge in [0.2, 0.25) is 0 Å². The second kappa shape index (κ2) is 5.32. The highest BCUT2D eigenvalue weighted by Crippen LogP contribution is 2.19. The molecule has 0 aromatic carbocycles. The van der Waals surface area contributed by atoms with Gasteiger partial charge in [-0.05, 0) is 26.7 Å². The third-order valence-corrected chi connectivity index (χ3v) is 2.55. The minimum absolute atomic E-state index is 0.0398. The van der Waals surface area contributed by atoms with Crippen LogP contribution in [0.15, 0.2) is 0 Å². The van der Waals surface area contributed by atoms with Crippen LogP contribution in [-0.2, 0) is 4.74 Å². The molecule has 1 heterocycles. The molecular formula is C10H20N2O3. The van der Waals surface area contributed by atoms with Gasteiger partial charge in [0.1, 0.15) is 0 Å². The number of nitrogens with one attached hydrogen (secondary N) is 2. The molecule has 0 unspecified atom stereocenters. The fourth-order valence-electron chi connectivity index (χ4n) is 1.62. The highest BCUT2D eigenvalue weighted by molar-refractivity contribution is 5.75. The van der Waals surface area contributed by atoms with E-state index >= 15 is 0 Å². The quantitative estimate of drug-likeness (QED) is 0.632. The van der Waals surface area contributed by atoms with Crippen molar-refractivity contribution in [2.45, 2.75) is 38.3 Å². The largest absolute Gasteiger partial charge is 0.394 e. The Balaban J connectivity index is 2.47. The van der Waals surface area contributed by atoms with Gasteiger partial charge >= 0.3 is 6.03 Å². The minimum atomic E-state index is -0.503. The van der Waals surface area contributed by atoms with E-state index in [-0.39, 0.29) is 18.7 Å². The molecule has 0 spiro atoms. The zero-order valence-corrected chi connectivity index (χ0v) is 9.38. The van der Waals surface area contributed by atoms with Gasteiger partial charge in [-0.2, -0.15) is 0 Å². The summed E-state index contributed by atoms with van der Waals surface area (Å²) in [5.41, 5.74) is -0.503. The zero-order chi connectivity index (χ0) is 11.3. The van der Waals surface area contributed by atoms with E-state index in [1.54, 1.807) is 0 Å². The molecule has 3 N–H and O–H groups in total. The number of carbonyl (C=O) groups is 1. The summed E-state index contributed by atoms with van der Waals surface area (Å²) in [4.78, 5) is 11.5. The van der Waals surface area contributed by atoms with E-state index in [1.165, 1.54) is 0 Å². The molecule has 0 atom stereocenters. The molecule has 0 aromatic heterocycles. The van der Waals surface area contributed by atoms with Crippen molar-refractivity contribution in [1.82, 2.24) is 10.6 Å². The first kappa shape index (κ1) is 12.3. The highest BCUT2D eigenvalue weighted by Gasteiger charge is 2.33. The molecule has 0 radical (unpaired) electrons. The number of carbonyl (C=O) groups excluding carboxylic acids is 1. The number of ether oxygens (including phenoxy) is 1. The lowest BCUT2D eigenvalue weighted by atomic mass is 9.91. The molecular weight excluding hydrogens is 196 g/mol. The van der Waals surface area contributed by atoms with Crippen molar-refractivity contribution in [2.24, 2.45) is 0 Å². The molecule has 15 heavy (non-hydrogen) atoms. The Bertz CT molecular complexity index is 213. The number of aliphatic hydroxyl groups is 1. The average molecular weight is 216 g/mol. The van der Waals surface area contributed by atoms with Crippen LogP contribution in [0, 0.1) is 0 Å². The summed E-state index contributed by atoms with van der Waals surface area (Å²) < 4.78 is 5.21. The predicted molar refractivity (Wildman–Crippen MR) is 56.7 cm³/mol. The summed E-state index contributed by atoms with van der Waals surface area (Å²) in [5, 5.41) is 14.9. The lowest BCUT2D eigenvalue weighted by Crippen LogP contribution is -2.57. The van der Waals surface area contributed by atoms with Gasteiger partial charge in [0, 0.05) is 19.3 Å². The second-order valence-electron chi connectivity index (χ2n) is 4.30. The standard InChI is InChI=1S/C10H20N2O3/c1-8(2)11-9(14)12-10(7-13)3-5-15-6-4-10/h8,13H,3-7H2,1-2H3,(H2,11,12,14). The average Bonchev–Trinajstić information content (AvgIpc) is 2.17.